The van der Waals surface area contributed by atoms with Crippen molar-refractivity contribution in [2.45, 2.75) is 38.8 Å². The van der Waals surface area contributed by atoms with Crippen LogP contribution in [0.5, 0.6) is 0 Å². The van der Waals surface area contributed by atoms with Crippen molar-refractivity contribution in [3.8, 4) is 0 Å². The van der Waals surface area contributed by atoms with Gasteiger partial charge in [0.15, 0.2) is 0 Å². The van der Waals surface area contributed by atoms with E-state index in [0.29, 0.717) is 12.6 Å². The van der Waals surface area contributed by atoms with Crippen molar-refractivity contribution in [1.29, 1.82) is 0 Å². The molecule has 0 heterocycles. The molecule has 5 nitrogen and oxygen atoms in total. The molecule has 0 aliphatic heterocycles. The van der Waals surface area contributed by atoms with Crippen LogP contribution in [0.3, 0.4) is 0 Å². The highest BCUT2D eigenvalue weighted by molar-refractivity contribution is 5.75. The summed E-state index contributed by atoms with van der Waals surface area (Å²) in [5.74, 6) is -0.201. The van der Waals surface area contributed by atoms with Gasteiger partial charge in [-0.25, -0.2) is 0 Å². The van der Waals surface area contributed by atoms with E-state index in [2.05, 4.69) is 24.1 Å². The van der Waals surface area contributed by atoms with Crippen molar-refractivity contribution in [3.05, 3.63) is 0 Å². The Labute approximate surface area is 111 Å². The Hall–Kier alpha value is -0.650. The number of nitrogens with zero attached hydrogens (tertiary/aromatic N) is 1. The van der Waals surface area contributed by atoms with Crippen LogP contribution < -0.4 is 5.32 Å². The number of likely N-dealkylation sites (N-methyl/N-ethyl adjacent to an activating group) is 1. The summed E-state index contributed by atoms with van der Waals surface area (Å²) in [7, 11) is 4.91. The third kappa shape index (κ3) is 6.33. The summed E-state index contributed by atoms with van der Waals surface area (Å²) in [4.78, 5) is 13.8. The average molecular weight is 260 g/mol. The molecule has 0 rings (SSSR count). The van der Waals surface area contributed by atoms with Gasteiger partial charge in [0.05, 0.1) is 13.7 Å². The monoisotopic (exact) mass is 260 g/mol. The fourth-order valence-corrected chi connectivity index (χ4v) is 1.84. The summed E-state index contributed by atoms with van der Waals surface area (Å²) in [5, 5.41) is 2.99. The molecule has 5 heteroatoms. The topological polar surface area (TPSA) is 50.8 Å². The Morgan fingerprint density at radius 3 is 2.44 bits per heavy atom. The van der Waals surface area contributed by atoms with E-state index in [0.717, 1.165) is 25.9 Å². The van der Waals surface area contributed by atoms with E-state index in [1.165, 1.54) is 7.11 Å². The fraction of sp³-hybridized carbons (Fsp3) is 0.923. The Morgan fingerprint density at radius 1 is 1.33 bits per heavy atom. The van der Waals surface area contributed by atoms with Gasteiger partial charge in [-0.2, -0.15) is 0 Å². The van der Waals surface area contributed by atoms with Crippen LogP contribution in [-0.2, 0) is 14.3 Å². The normalized spacial score (nSPS) is 14.6. The number of esters is 1. The standard InChI is InChI=1S/C13H28N2O3/c1-6-11(2)15(9-10-17-4)8-7-12(14-3)13(16)18-5/h11-12,14H,6-10H2,1-5H3. The van der Waals surface area contributed by atoms with Crippen LogP contribution in [0.2, 0.25) is 0 Å². The summed E-state index contributed by atoms with van der Waals surface area (Å²) in [6.07, 6.45) is 1.84. The molecule has 0 aromatic rings. The van der Waals surface area contributed by atoms with E-state index in [-0.39, 0.29) is 12.0 Å². The van der Waals surface area contributed by atoms with Crippen molar-refractivity contribution in [2.75, 3.05) is 41.0 Å². The molecule has 0 radical (unpaired) electrons. The minimum atomic E-state index is -0.232. The van der Waals surface area contributed by atoms with Crippen LogP contribution in [0.1, 0.15) is 26.7 Å². The van der Waals surface area contributed by atoms with E-state index in [1.54, 1.807) is 14.2 Å². The lowest BCUT2D eigenvalue weighted by molar-refractivity contribution is -0.143. The number of carbonyl (C=O) groups is 1. The summed E-state index contributed by atoms with van der Waals surface area (Å²) in [6, 6.07) is 0.263. The molecular formula is C13H28N2O3. The van der Waals surface area contributed by atoms with Gasteiger partial charge in [-0.1, -0.05) is 6.92 Å². The molecule has 0 aliphatic carbocycles. The van der Waals surface area contributed by atoms with E-state index in [1.807, 2.05) is 0 Å². The average Bonchev–Trinajstić information content (AvgIpc) is 2.41. The number of rotatable bonds is 10. The second kappa shape index (κ2) is 10.3. The first-order chi connectivity index (χ1) is 8.60. The Bertz CT molecular complexity index is 224. The van der Waals surface area contributed by atoms with Crippen LogP contribution in [-0.4, -0.2) is 63.9 Å². The summed E-state index contributed by atoms with van der Waals surface area (Å²) < 4.78 is 9.88. The molecule has 0 aromatic carbocycles. The third-order valence-corrected chi connectivity index (χ3v) is 3.34. The zero-order chi connectivity index (χ0) is 14.0. The summed E-state index contributed by atoms with van der Waals surface area (Å²) in [5.41, 5.74) is 0. The lowest BCUT2D eigenvalue weighted by Crippen LogP contribution is -2.42. The molecule has 0 aliphatic rings. The lowest BCUT2D eigenvalue weighted by atomic mass is 10.1. The Morgan fingerprint density at radius 2 is 2.00 bits per heavy atom. The van der Waals surface area contributed by atoms with Crippen LogP contribution in [0.25, 0.3) is 0 Å². The van der Waals surface area contributed by atoms with Crippen LogP contribution in [0.15, 0.2) is 0 Å². The first kappa shape index (κ1) is 17.4. The molecule has 0 fully saturated rings. The quantitative estimate of drug-likeness (QED) is 0.591. The maximum absolute atomic E-state index is 11.5. The smallest absolute Gasteiger partial charge is 0.322 e. The number of nitrogens with one attached hydrogen (secondary N) is 1. The largest absolute Gasteiger partial charge is 0.468 e. The van der Waals surface area contributed by atoms with Crippen molar-refractivity contribution in [1.82, 2.24) is 10.2 Å². The maximum Gasteiger partial charge on any atom is 0.322 e. The molecule has 0 bridgehead atoms. The predicted molar refractivity (Wildman–Crippen MR) is 72.7 cm³/mol. The molecule has 1 N–H and O–H groups in total. The SMILES string of the molecule is CCC(C)N(CCOC)CCC(NC)C(=O)OC. The van der Waals surface area contributed by atoms with Gasteiger partial charge in [0.2, 0.25) is 0 Å². The highest BCUT2D eigenvalue weighted by Gasteiger charge is 2.19. The second-order valence-corrected chi connectivity index (χ2v) is 4.44. The highest BCUT2D eigenvalue weighted by Crippen LogP contribution is 2.06. The fourth-order valence-electron chi connectivity index (χ4n) is 1.84. The van der Waals surface area contributed by atoms with Crippen LogP contribution in [0.4, 0.5) is 0 Å². The molecule has 0 amide bonds. The van der Waals surface area contributed by atoms with E-state index in [4.69, 9.17) is 9.47 Å². The molecule has 0 spiro atoms. The van der Waals surface area contributed by atoms with Gasteiger partial charge in [-0.3, -0.25) is 9.69 Å². The first-order valence-electron chi connectivity index (χ1n) is 6.58. The number of hydrogen-bond acceptors (Lipinski definition) is 5. The van der Waals surface area contributed by atoms with Crippen LogP contribution in [0, 0.1) is 0 Å². The number of methoxy groups -OCH3 is 2. The molecule has 108 valence electrons. The first-order valence-corrected chi connectivity index (χ1v) is 6.58. The van der Waals surface area contributed by atoms with Gasteiger partial charge in [-0.05, 0) is 26.8 Å². The van der Waals surface area contributed by atoms with Crippen molar-refractivity contribution in [3.63, 3.8) is 0 Å². The van der Waals surface area contributed by atoms with Crippen molar-refractivity contribution < 1.29 is 14.3 Å². The minimum absolute atomic E-state index is 0.201. The van der Waals surface area contributed by atoms with Gasteiger partial charge in [0, 0.05) is 26.2 Å². The zero-order valence-electron chi connectivity index (χ0n) is 12.4. The van der Waals surface area contributed by atoms with Gasteiger partial charge in [0.25, 0.3) is 0 Å². The van der Waals surface area contributed by atoms with Gasteiger partial charge in [0.1, 0.15) is 6.04 Å². The minimum Gasteiger partial charge on any atom is -0.468 e. The molecule has 0 saturated heterocycles. The molecule has 2 unspecified atom stereocenters. The molecule has 2 atom stereocenters. The van der Waals surface area contributed by atoms with E-state index < -0.39 is 0 Å². The Balaban J connectivity index is 4.25. The third-order valence-electron chi connectivity index (χ3n) is 3.34. The van der Waals surface area contributed by atoms with Crippen LogP contribution >= 0.6 is 0 Å². The van der Waals surface area contributed by atoms with E-state index in [9.17, 15) is 4.79 Å². The summed E-state index contributed by atoms with van der Waals surface area (Å²) >= 11 is 0. The zero-order valence-corrected chi connectivity index (χ0v) is 12.4. The van der Waals surface area contributed by atoms with Crippen molar-refractivity contribution in [2.24, 2.45) is 0 Å². The molecular weight excluding hydrogens is 232 g/mol. The van der Waals surface area contributed by atoms with Crippen molar-refractivity contribution >= 4 is 5.97 Å². The predicted octanol–water partition coefficient (Wildman–Crippen LogP) is 0.884. The molecule has 0 aromatic heterocycles. The Kier molecular flexibility index (Phi) is 9.92. The maximum atomic E-state index is 11.5. The lowest BCUT2D eigenvalue weighted by Gasteiger charge is -2.29. The highest BCUT2D eigenvalue weighted by atomic mass is 16.5. The number of ether oxygens (including phenoxy) is 2. The number of hydrogen-bond donors (Lipinski definition) is 1. The second-order valence-electron chi connectivity index (χ2n) is 4.44. The number of carbonyl (C=O) groups excluding carboxylic acids is 1. The molecule has 18 heavy (non-hydrogen) atoms. The van der Waals surface area contributed by atoms with E-state index >= 15 is 0 Å². The van der Waals surface area contributed by atoms with Gasteiger partial charge >= 0.3 is 5.97 Å². The summed E-state index contributed by atoms with van der Waals surface area (Å²) in [6.45, 7) is 6.83. The van der Waals surface area contributed by atoms with Gasteiger partial charge in [-0.15, -0.1) is 0 Å². The van der Waals surface area contributed by atoms with Gasteiger partial charge < -0.3 is 14.8 Å². The molecule has 0 saturated carbocycles.